The Morgan fingerprint density at radius 1 is 1.29 bits per heavy atom. The molecule has 0 radical (unpaired) electrons. The van der Waals surface area contributed by atoms with Crippen molar-refractivity contribution in [1.29, 1.82) is 0 Å². The van der Waals surface area contributed by atoms with Crippen LogP contribution in [0.4, 0.5) is 0 Å². The summed E-state index contributed by atoms with van der Waals surface area (Å²) in [5.74, 6) is 2.23. The van der Waals surface area contributed by atoms with E-state index in [4.69, 9.17) is 9.47 Å². The van der Waals surface area contributed by atoms with E-state index >= 15 is 0 Å². The van der Waals surface area contributed by atoms with Crippen molar-refractivity contribution < 1.29 is 9.47 Å². The van der Waals surface area contributed by atoms with Crippen molar-refractivity contribution >= 4 is 41.3 Å². The highest BCUT2D eigenvalue weighted by Gasteiger charge is 2.24. The number of aliphatic imine (C=N–C) groups is 1. The summed E-state index contributed by atoms with van der Waals surface area (Å²) in [7, 11) is 1.80. The lowest BCUT2D eigenvalue weighted by Gasteiger charge is -2.34. The third kappa shape index (κ3) is 7.58. The van der Waals surface area contributed by atoms with Gasteiger partial charge >= 0.3 is 0 Å². The second-order valence-corrected chi connectivity index (χ2v) is 8.72. The van der Waals surface area contributed by atoms with Gasteiger partial charge in [0.15, 0.2) is 5.96 Å². The SMILES string of the molecule is CN=C(NCc1ccc(OCC2CC2)nc1)NCC(c1cccs1)N1CCOCC1.I. The molecule has 0 spiro atoms. The maximum Gasteiger partial charge on any atom is 0.213 e. The van der Waals surface area contributed by atoms with Crippen molar-refractivity contribution in [3.05, 3.63) is 46.3 Å². The van der Waals surface area contributed by atoms with E-state index in [0.717, 1.165) is 56.9 Å². The van der Waals surface area contributed by atoms with Crippen LogP contribution in [0.5, 0.6) is 5.88 Å². The van der Waals surface area contributed by atoms with Crippen LogP contribution in [0.3, 0.4) is 0 Å². The Labute approximate surface area is 205 Å². The van der Waals surface area contributed by atoms with Crippen molar-refractivity contribution in [3.63, 3.8) is 0 Å². The first-order chi connectivity index (χ1) is 14.8. The molecule has 2 aliphatic rings. The zero-order chi connectivity index (χ0) is 20.6. The molecule has 1 atom stereocenters. The molecule has 1 aliphatic carbocycles. The van der Waals surface area contributed by atoms with Gasteiger partial charge in [-0.25, -0.2) is 4.98 Å². The Bertz CT molecular complexity index is 793. The lowest BCUT2D eigenvalue weighted by molar-refractivity contribution is 0.0177. The topological polar surface area (TPSA) is 71.0 Å². The van der Waals surface area contributed by atoms with Crippen LogP contribution in [0.2, 0.25) is 0 Å². The number of halogens is 1. The standard InChI is InChI=1S/C22H31N5O2S.HI/c1-23-22(25-14-18-6-7-21(24-13-18)29-16-17-4-5-17)26-15-19(20-3-2-12-30-20)27-8-10-28-11-9-27;/h2-3,6-7,12-13,17,19H,4-5,8-11,14-16H2,1H3,(H2,23,25,26);1H. The molecule has 0 bridgehead atoms. The third-order valence-electron chi connectivity index (χ3n) is 5.47. The number of ether oxygens (including phenoxy) is 2. The number of hydrogen-bond acceptors (Lipinski definition) is 6. The fourth-order valence-corrected chi connectivity index (χ4v) is 4.33. The minimum absolute atomic E-state index is 0. The normalized spacial score (nSPS) is 18.2. The molecule has 1 aliphatic heterocycles. The predicted molar refractivity (Wildman–Crippen MR) is 136 cm³/mol. The molecule has 1 saturated heterocycles. The Morgan fingerprint density at radius 3 is 2.77 bits per heavy atom. The molecule has 0 aromatic carbocycles. The van der Waals surface area contributed by atoms with Gasteiger partial charge in [-0.1, -0.05) is 12.1 Å². The van der Waals surface area contributed by atoms with Crippen LogP contribution in [0.15, 0.2) is 40.8 Å². The average Bonchev–Trinajstić information content (AvgIpc) is 3.48. The first-order valence-corrected chi connectivity index (χ1v) is 11.6. The van der Waals surface area contributed by atoms with E-state index in [0.29, 0.717) is 18.5 Å². The van der Waals surface area contributed by atoms with Gasteiger partial charge in [-0.2, -0.15) is 0 Å². The van der Waals surface area contributed by atoms with E-state index in [1.807, 2.05) is 12.3 Å². The van der Waals surface area contributed by atoms with Crippen LogP contribution in [-0.2, 0) is 11.3 Å². The summed E-state index contributed by atoms with van der Waals surface area (Å²) in [6.07, 6.45) is 4.44. The van der Waals surface area contributed by atoms with Gasteiger partial charge in [0.25, 0.3) is 0 Å². The molecule has 7 nitrogen and oxygen atoms in total. The summed E-state index contributed by atoms with van der Waals surface area (Å²) in [4.78, 5) is 12.6. The minimum atomic E-state index is 0. The van der Waals surface area contributed by atoms with Crippen molar-refractivity contribution in [2.24, 2.45) is 10.9 Å². The largest absolute Gasteiger partial charge is 0.477 e. The molecule has 2 aromatic heterocycles. The number of rotatable bonds is 9. The Hall–Kier alpha value is -1.43. The van der Waals surface area contributed by atoms with Gasteiger partial charge in [0.2, 0.25) is 5.88 Å². The van der Waals surface area contributed by atoms with E-state index in [-0.39, 0.29) is 24.0 Å². The van der Waals surface area contributed by atoms with E-state index in [1.165, 1.54) is 17.7 Å². The number of guanidine groups is 1. The molecule has 170 valence electrons. The molecule has 2 N–H and O–H groups in total. The molecule has 2 fully saturated rings. The molecule has 1 unspecified atom stereocenters. The molecule has 4 rings (SSSR count). The number of hydrogen-bond donors (Lipinski definition) is 2. The second kappa shape index (κ2) is 12.6. The number of nitrogens with one attached hydrogen (secondary N) is 2. The number of pyridine rings is 1. The number of thiophene rings is 1. The van der Waals surface area contributed by atoms with Gasteiger partial charge in [-0.3, -0.25) is 9.89 Å². The van der Waals surface area contributed by atoms with Crippen molar-refractivity contribution in [2.45, 2.75) is 25.4 Å². The van der Waals surface area contributed by atoms with Gasteiger partial charge in [-0.15, -0.1) is 35.3 Å². The molecule has 2 aromatic rings. The summed E-state index contributed by atoms with van der Waals surface area (Å²) < 4.78 is 11.2. The van der Waals surface area contributed by atoms with Gasteiger partial charge in [0, 0.05) is 50.4 Å². The smallest absolute Gasteiger partial charge is 0.213 e. The fraction of sp³-hybridized carbons (Fsp3) is 0.545. The van der Waals surface area contributed by atoms with Gasteiger partial charge in [0.1, 0.15) is 0 Å². The molecular weight excluding hydrogens is 525 g/mol. The predicted octanol–water partition coefficient (Wildman–Crippen LogP) is 3.29. The monoisotopic (exact) mass is 557 g/mol. The van der Waals surface area contributed by atoms with E-state index in [2.05, 4.69) is 49.1 Å². The van der Waals surface area contributed by atoms with Gasteiger partial charge < -0.3 is 20.1 Å². The number of aromatic nitrogens is 1. The molecule has 31 heavy (non-hydrogen) atoms. The maximum atomic E-state index is 5.71. The zero-order valence-electron chi connectivity index (χ0n) is 18.0. The molecule has 1 saturated carbocycles. The third-order valence-corrected chi connectivity index (χ3v) is 6.44. The lowest BCUT2D eigenvalue weighted by atomic mass is 10.2. The minimum Gasteiger partial charge on any atom is -0.477 e. The highest BCUT2D eigenvalue weighted by Crippen LogP contribution is 2.29. The second-order valence-electron chi connectivity index (χ2n) is 7.75. The van der Waals surface area contributed by atoms with Crippen LogP contribution < -0.4 is 15.4 Å². The highest BCUT2D eigenvalue weighted by atomic mass is 127. The zero-order valence-corrected chi connectivity index (χ0v) is 21.1. The first kappa shape index (κ1) is 24.2. The van der Waals surface area contributed by atoms with E-state index in [9.17, 15) is 0 Å². The Balaban J connectivity index is 0.00000272. The molecule has 9 heteroatoms. The molecular formula is C22H32IN5O2S. The summed E-state index contributed by atoms with van der Waals surface area (Å²) in [5, 5.41) is 9.02. The maximum absolute atomic E-state index is 5.71. The quantitative estimate of drug-likeness (QED) is 0.280. The molecule has 0 amide bonds. The summed E-state index contributed by atoms with van der Waals surface area (Å²) in [5.41, 5.74) is 1.10. The summed E-state index contributed by atoms with van der Waals surface area (Å²) in [6, 6.07) is 8.64. The van der Waals surface area contributed by atoms with Crippen LogP contribution in [0.25, 0.3) is 0 Å². The number of nitrogens with zero attached hydrogens (tertiary/aromatic N) is 3. The Kier molecular flexibility index (Phi) is 9.82. The van der Waals surface area contributed by atoms with Crippen molar-refractivity contribution in [2.75, 3.05) is 46.5 Å². The van der Waals surface area contributed by atoms with Crippen molar-refractivity contribution in [1.82, 2.24) is 20.5 Å². The lowest BCUT2D eigenvalue weighted by Crippen LogP contribution is -2.46. The van der Waals surface area contributed by atoms with Crippen LogP contribution in [-0.4, -0.2) is 62.3 Å². The fourth-order valence-electron chi connectivity index (χ4n) is 3.47. The number of morpholine rings is 1. The summed E-state index contributed by atoms with van der Waals surface area (Å²) in [6.45, 7) is 5.75. The first-order valence-electron chi connectivity index (χ1n) is 10.7. The van der Waals surface area contributed by atoms with Gasteiger partial charge in [0.05, 0.1) is 25.9 Å². The van der Waals surface area contributed by atoms with Crippen LogP contribution >= 0.6 is 35.3 Å². The average molecular weight is 558 g/mol. The van der Waals surface area contributed by atoms with Gasteiger partial charge in [-0.05, 0) is 35.8 Å². The van der Waals surface area contributed by atoms with E-state index < -0.39 is 0 Å². The van der Waals surface area contributed by atoms with Crippen LogP contribution in [0.1, 0.15) is 29.3 Å². The van der Waals surface area contributed by atoms with Crippen molar-refractivity contribution in [3.8, 4) is 5.88 Å². The highest BCUT2D eigenvalue weighted by molar-refractivity contribution is 14.0. The van der Waals surface area contributed by atoms with Crippen LogP contribution in [0, 0.1) is 5.92 Å². The van der Waals surface area contributed by atoms with E-state index in [1.54, 1.807) is 18.4 Å². The molecule has 3 heterocycles. The summed E-state index contributed by atoms with van der Waals surface area (Å²) >= 11 is 1.80. The Morgan fingerprint density at radius 2 is 2.13 bits per heavy atom.